The molecule has 27 heavy (non-hydrogen) atoms. The molecule has 0 spiro atoms. The Labute approximate surface area is 156 Å². The number of carbonyl (C=O) groups is 1. The minimum Gasteiger partial charge on any atom is -0.337 e. The Balaban J connectivity index is 1.66. The van der Waals surface area contributed by atoms with Crippen molar-refractivity contribution in [1.82, 2.24) is 20.8 Å². The smallest absolute Gasteiger partial charge is 0.315 e. The van der Waals surface area contributed by atoms with E-state index in [-0.39, 0.29) is 18.3 Å². The van der Waals surface area contributed by atoms with Crippen LogP contribution in [0.4, 0.5) is 9.18 Å². The number of nitrogens with one attached hydrogen (secondary N) is 2. The molecule has 3 rings (SSSR count). The van der Waals surface area contributed by atoms with Gasteiger partial charge in [-0.05, 0) is 12.0 Å². The van der Waals surface area contributed by atoms with Gasteiger partial charge in [-0.2, -0.15) is 4.98 Å². The first kappa shape index (κ1) is 18.6. The molecule has 0 unspecified atom stereocenters. The van der Waals surface area contributed by atoms with E-state index in [0.29, 0.717) is 17.3 Å². The summed E-state index contributed by atoms with van der Waals surface area (Å²) in [6.07, 6.45) is 0. The van der Waals surface area contributed by atoms with Gasteiger partial charge in [0.2, 0.25) is 11.7 Å². The number of benzene rings is 2. The molecule has 3 aromatic rings. The molecule has 7 heteroatoms. The Kier molecular flexibility index (Phi) is 5.80. The summed E-state index contributed by atoms with van der Waals surface area (Å²) in [5.74, 6) is 0.450. The van der Waals surface area contributed by atoms with Crippen LogP contribution in [0.25, 0.3) is 11.4 Å². The van der Waals surface area contributed by atoms with Gasteiger partial charge in [0.05, 0.1) is 0 Å². The Morgan fingerprint density at radius 2 is 1.81 bits per heavy atom. The second-order valence-electron chi connectivity index (χ2n) is 6.46. The number of amides is 2. The third-order valence-electron chi connectivity index (χ3n) is 4.09. The highest BCUT2D eigenvalue weighted by Crippen LogP contribution is 2.23. The second-order valence-corrected chi connectivity index (χ2v) is 6.46. The van der Waals surface area contributed by atoms with E-state index < -0.39 is 12.1 Å². The summed E-state index contributed by atoms with van der Waals surface area (Å²) in [5.41, 5.74) is 1.25. The van der Waals surface area contributed by atoms with E-state index in [2.05, 4.69) is 20.8 Å². The molecule has 0 aliphatic carbocycles. The molecule has 1 atom stereocenters. The van der Waals surface area contributed by atoms with E-state index >= 15 is 0 Å². The van der Waals surface area contributed by atoms with Gasteiger partial charge in [-0.15, -0.1) is 0 Å². The van der Waals surface area contributed by atoms with Crippen LogP contribution in [0.3, 0.4) is 0 Å². The predicted molar refractivity (Wildman–Crippen MR) is 99.1 cm³/mol. The van der Waals surface area contributed by atoms with Crippen LogP contribution in [-0.2, 0) is 6.54 Å². The third kappa shape index (κ3) is 4.69. The lowest BCUT2D eigenvalue weighted by Gasteiger charge is -2.19. The van der Waals surface area contributed by atoms with Gasteiger partial charge in [0, 0.05) is 17.7 Å². The summed E-state index contributed by atoms with van der Waals surface area (Å²) in [6, 6.07) is 14.9. The average Bonchev–Trinajstić information content (AvgIpc) is 3.16. The number of aromatic nitrogens is 2. The van der Waals surface area contributed by atoms with Gasteiger partial charge in [-0.25, -0.2) is 9.18 Å². The molecule has 1 heterocycles. The van der Waals surface area contributed by atoms with Crippen molar-refractivity contribution >= 4 is 6.03 Å². The summed E-state index contributed by atoms with van der Waals surface area (Å²) in [5, 5.41) is 9.47. The van der Waals surface area contributed by atoms with Crippen molar-refractivity contribution in [2.75, 3.05) is 0 Å². The van der Waals surface area contributed by atoms with Crippen LogP contribution in [0.15, 0.2) is 59.1 Å². The maximum absolute atomic E-state index is 13.7. The number of rotatable bonds is 6. The standard InChI is InChI=1S/C20H21FN4O2/c1-13(2)17(19-24-18(25-27-19)14-8-4-3-5-9-14)23-20(26)22-12-15-10-6-7-11-16(15)21/h3-11,13,17H,12H2,1-2H3,(H2,22,23,26)/t17-/m1/s1. The highest BCUT2D eigenvalue weighted by molar-refractivity contribution is 5.74. The first-order chi connectivity index (χ1) is 13.0. The van der Waals surface area contributed by atoms with E-state index in [1.807, 2.05) is 44.2 Å². The fraction of sp³-hybridized carbons (Fsp3) is 0.250. The summed E-state index contributed by atoms with van der Waals surface area (Å²) in [7, 11) is 0. The molecule has 140 valence electrons. The van der Waals surface area contributed by atoms with Gasteiger partial charge < -0.3 is 15.2 Å². The largest absolute Gasteiger partial charge is 0.337 e. The molecule has 0 fully saturated rings. The fourth-order valence-corrected chi connectivity index (χ4v) is 2.59. The maximum atomic E-state index is 13.7. The molecule has 1 aromatic heterocycles. The quantitative estimate of drug-likeness (QED) is 0.687. The molecule has 2 amide bonds. The molecular weight excluding hydrogens is 347 g/mol. The zero-order chi connectivity index (χ0) is 19.2. The maximum Gasteiger partial charge on any atom is 0.315 e. The second kappa shape index (κ2) is 8.44. The van der Waals surface area contributed by atoms with Crippen molar-refractivity contribution in [3.8, 4) is 11.4 Å². The van der Waals surface area contributed by atoms with E-state index in [1.165, 1.54) is 6.07 Å². The first-order valence-corrected chi connectivity index (χ1v) is 8.71. The van der Waals surface area contributed by atoms with Gasteiger partial charge in [-0.1, -0.05) is 67.5 Å². The molecule has 0 saturated heterocycles. The molecule has 2 aromatic carbocycles. The fourth-order valence-electron chi connectivity index (χ4n) is 2.59. The Bertz CT molecular complexity index is 896. The summed E-state index contributed by atoms with van der Waals surface area (Å²) < 4.78 is 19.0. The monoisotopic (exact) mass is 368 g/mol. The van der Waals surface area contributed by atoms with E-state index in [4.69, 9.17) is 4.52 Å². The van der Waals surface area contributed by atoms with Crippen molar-refractivity contribution < 1.29 is 13.7 Å². The minimum absolute atomic E-state index is 0.0216. The lowest BCUT2D eigenvalue weighted by Crippen LogP contribution is -2.39. The van der Waals surface area contributed by atoms with Gasteiger partial charge in [0.25, 0.3) is 0 Å². The van der Waals surface area contributed by atoms with E-state index in [0.717, 1.165) is 5.56 Å². The molecule has 0 saturated carbocycles. The first-order valence-electron chi connectivity index (χ1n) is 8.71. The summed E-state index contributed by atoms with van der Waals surface area (Å²) >= 11 is 0. The molecule has 0 bridgehead atoms. The number of hydrogen-bond donors (Lipinski definition) is 2. The van der Waals surface area contributed by atoms with Gasteiger partial charge in [0.15, 0.2) is 0 Å². The topological polar surface area (TPSA) is 80.0 Å². The highest BCUT2D eigenvalue weighted by Gasteiger charge is 2.25. The van der Waals surface area contributed by atoms with Gasteiger partial charge in [-0.3, -0.25) is 0 Å². The van der Waals surface area contributed by atoms with Crippen molar-refractivity contribution in [2.45, 2.75) is 26.4 Å². The predicted octanol–water partition coefficient (Wildman–Crippen LogP) is 4.07. The molecule has 2 N–H and O–H groups in total. The highest BCUT2D eigenvalue weighted by atomic mass is 19.1. The Morgan fingerprint density at radius 3 is 2.52 bits per heavy atom. The minimum atomic E-state index is -0.462. The van der Waals surface area contributed by atoms with Crippen molar-refractivity contribution in [2.24, 2.45) is 5.92 Å². The normalized spacial score (nSPS) is 12.0. The SMILES string of the molecule is CC(C)[C@@H](NC(=O)NCc1ccccc1F)c1nc(-c2ccccc2)no1. The van der Waals surface area contributed by atoms with Crippen LogP contribution in [0.1, 0.15) is 31.3 Å². The molecule has 0 aliphatic rings. The van der Waals surface area contributed by atoms with E-state index in [9.17, 15) is 9.18 Å². The van der Waals surface area contributed by atoms with Crippen molar-refractivity contribution in [3.05, 3.63) is 71.9 Å². The van der Waals surface area contributed by atoms with Crippen LogP contribution in [0.2, 0.25) is 0 Å². The van der Waals surface area contributed by atoms with Gasteiger partial charge >= 0.3 is 6.03 Å². The van der Waals surface area contributed by atoms with Crippen LogP contribution in [0, 0.1) is 11.7 Å². The number of halogens is 1. The molecular formula is C20H21FN4O2. The Hall–Kier alpha value is -3.22. The van der Waals surface area contributed by atoms with Gasteiger partial charge in [0.1, 0.15) is 11.9 Å². The van der Waals surface area contributed by atoms with Crippen LogP contribution >= 0.6 is 0 Å². The van der Waals surface area contributed by atoms with Crippen LogP contribution in [-0.4, -0.2) is 16.2 Å². The van der Waals surface area contributed by atoms with Crippen molar-refractivity contribution in [3.63, 3.8) is 0 Å². The van der Waals surface area contributed by atoms with Crippen LogP contribution in [0.5, 0.6) is 0 Å². The van der Waals surface area contributed by atoms with E-state index in [1.54, 1.807) is 18.2 Å². The third-order valence-corrected chi connectivity index (χ3v) is 4.09. The number of carbonyl (C=O) groups excluding carboxylic acids is 1. The number of urea groups is 1. The Morgan fingerprint density at radius 1 is 1.11 bits per heavy atom. The molecule has 6 nitrogen and oxygen atoms in total. The average molecular weight is 368 g/mol. The zero-order valence-corrected chi connectivity index (χ0v) is 15.1. The zero-order valence-electron chi connectivity index (χ0n) is 15.1. The van der Waals surface area contributed by atoms with Crippen molar-refractivity contribution in [1.29, 1.82) is 0 Å². The summed E-state index contributed by atoms with van der Waals surface area (Å²) in [4.78, 5) is 16.7. The van der Waals surface area contributed by atoms with Crippen LogP contribution < -0.4 is 10.6 Å². The summed E-state index contributed by atoms with van der Waals surface area (Å²) in [6.45, 7) is 3.96. The molecule has 0 radical (unpaired) electrons. The number of nitrogens with zero attached hydrogens (tertiary/aromatic N) is 2. The lowest BCUT2D eigenvalue weighted by molar-refractivity contribution is 0.224. The lowest BCUT2D eigenvalue weighted by atomic mass is 10.0. The molecule has 0 aliphatic heterocycles. The number of hydrogen-bond acceptors (Lipinski definition) is 4.